The summed E-state index contributed by atoms with van der Waals surface area (Å²) in [6.07, 6.45) is 5.91. The van der Waals surface area contributed by atoms with E-state index >= 15 is 0 Å². The predicted molar refractivity (Wildman–Crippen MR) is 78.2 cm³/mol. The standard InChI is InChI=1S/C12H21N3S2/c1-4-12(5-2)6-7-15(8-12)11-9(16-3)10(13)14-17-11/h4-8H2,1-3H3,(H2,13,14). The Labute approximate surface area is 112 Å². The zero-order valence-corrected chi connectivity index (χ0v) is 12.5. The molecule has 1 fully saturated rings. The second-order valence-corrected chi connectivity index (χ2v) is 6.35. The third-order valence-corrected chi connectivity index (χ3v) is 5.95. The Morgan fingerprint density at radius 3 is 2.71 bits per heavy atom. The molecule has 2 rings (SSSR count). The summed E-state index contributed by atoms with van der Waals surface area (Å²) >= 11 is 3.26. The third-order valence-electron chi connectivity index (χ3n) is 4.09. The molecule has 2 N–H and O–H groups in total. The molecule has 1 aliphatic heterocycles. The lowest BCUT2D eigenvalue weighted by atomic mass is 9.82. The summed E-state index contributed by atoms with van der Waals surface area (Å²) in [6.45, 7) is 6.93. The van der Waals surface area contributed by atoms with Gasteiger partial charge in [-0.25, -0.2) is 0 Å². The highest BCUT2D eigenvalue weighted by molar-refractivity contribution is 7.99. The van der Waals surface area contributed by atoms with Crippen LogP contribution in [-0.2, 0) is 0 Å². The van der Waals surface area contributed by atoms with Gasteiger partial charge in [0.15, 0.2) is 5.82 Å². The number of anilines is 2. The Bertz CT molecular complexity index is 385. The minimum atomic E-state index is 0.508. The number of hydrogen-bond donors (Lipinski definition) is 1. The van der Waals surface area contributed by atoms with Crippen molar-refractivity contribution < 1.29 is 0 Å². The molecule has 1 aliphatic rings. The van der Waals surface area contributed by atoms with Crippen molar-refractivity contribution in [1.82, 2.24) is 4.37 Å². The molecule has 0 aromatic carbocycles. The average Bonchev–Trinajstić information content (AvgIpc) is 2.93. The van der Waals surface area contributed by atoms with E-state index in [1.165, 1.54) is 24.3 Å². The van der Waals surface area contributed by atoms with E-state index in [4.69, 9.17) is 5.73 Å². The SMILES string of the molecule is CCC1(CC)CCN(c2snc(N)c2SC)C1. The van der Waals surface area contributed by atoms with Crippen LogP contribution in [-0.4, -0.2) is 23.7 Å². The van der Waals surface area contributed by atoms with Crippen molar-refractivity contribution in [2.75, 3.05) is 30.0 Å². The molecule has 0 bridgehead atoms. The number of nitrogens with zero attached hydrogens (tertiary/aromatic N) is 2. The van der Waals surface area contributed by atoms with Gasteiger partial charge in [-0.15, -0.1) is 11.8 Å². The second kappa shape index (κ2) is 5.06. The number of nitrogen functional groups attached to an aromatic ring is 1. The predicted octanol–water partition coefficient (Wildman–Crippen LogP) is 3.46. The van der Waals surface area contributed by atoms with Gasteiger partial charge in [0, 0.05) is 13.1 Å². The summed E-state index contributed by atoms with van der Waals surface area (Å²) in [5.74, 6) is 0.697. The molecule has 17 heavy (non-hydrogen) atoms. The normalized spacial score (nSPS) is 18.9. The van der Waals surface area contributed by atoms with E-state index < -0.39 is 0 Å². The molecular formula is C12H21N3S2. The maximum absolute atomic E-state index is 5.90. The fourth-order valence-corrected chi connectivity index (χ4v) is 4.33. The summed E-state index contributed by atoms with van der Waals surface area (Å²) in [4.78, 5) is 3.64. The summed E-state index contributed by atoms with van der Waals surface area (Å²) in [6, 6.07) is 0. The lowest BCUT2D eigenvalue weighted by molar-refractivity contribution is 0.301. The van der Waals surface area contributed by atoms with Gasteiger partial charge in [-0.05, 0) is 42.5 Å². The van der Waals surface area contributed by atoms with Crippen LogP contribution in [0.1, 0.15) is 33.1 Å². The highest BCUT2D eigenvalue weighted by Crippen LogP contribution is 2.44. The van der Waals surface area contributed by atoms with E-state index in [1.54, 1.807) is 23.3 Å². The minimum Gasteiger partial charge on any atom is -0.382 e. The van der Waals surface area contributed by atoms with Crippen LogP contribution in [0.3, 0.4) is 0 Å². The minimum absolute atomic E-state index is 0.508. The van der Waals surface area contributed by atoms with Gasteiger partial charge in [0.2, 0.25) is 0 Å². The van der Waals surface area contributed by atoms with Crippen molar-refractivity contribution in [1.29, 1.82) is 0 Å². The van der Waals surface area contributed by atoms with E-state index in [0.717, 1.165) is 18.0 Å². The molecule has 5 heteroatoms. The second-order valence-electron chi connectivity index (χ2n) is 4.78. The van der Waals surface area contributed by atoms with Crippen LogP contribution in [0.15, 0.2) is 4.90 Å². The first-order valence-corrected chi connectivity index (χ1v) is 8.19. The fraction of sp³-hybridized carbons (Fsp3) is 0.750. The first-order chi connectivity index (χ1) is 8.15. The van der Waals surface area contributed by atoms with Crippen molar-refractivity contribution in [3.05, 3.63) is 0 Å². The zero-order chi connectivity index (χ0) is 12.5. The van der Waals surface area contributed by atoms with Crippen molar-refractivity contribution in [3.63, 3.8) is 0 Å². The molecule has 0 spiro atoms. The third kappa shape index (κ3) is 2.27. The first-order valence-electron chi connectivity index (χ1n) is 6.20. The van der Waals surface area contributed by atoms with Crippen molar-refractivity contribution in [2.24, 2.45) is 5.41 Å². The van der Waals surface area contributed by atoms with E-state index in [1.807, 2.05) is 0 Å². The van der Waals surface area contributed by atoms with Crippen LogP contribution in [0.2, 0.25) is 0 Å². The molecule has 2 heterocycles. The van der Waals surface area contributed by atoms with Crippen LogP contribution >= 0.6 is 23.3 Å². The van der Waals surface area contributed by atoms with Gasteiger partial charge in [-0.1, -0.05) is 13.8 Å². The van der Waals surface area contributed by atoms with Crippen LogP contribution in [0, 0.1) is 5.41 Å². The molecule has 1 aromatic rings. The summed E-state index contributed by atoms with van der Waals surface area (Å²) in [7, 11) is 0. The number of aromatic nitrogens is 1. The van der Waals surface area contributed by atoms with Gasteiger partial charge < -0.3 is 10.6 Å². The van der Waals surface area contributed by atoms with Crippen molar-refractivity contribution in [3.8, 4) is 0 Å². The van der Waals surface area contributed by atoms with Crippen LogP contribution < -0.4 is 10.6 Å². The quantitative estimate of drug-likeness (QED) is 0.852. The Morgan fingerprint density at radius 2 is 2.18 bits per heavy atom. The van der Waals surface area contributed by atoms with Gasteiger partial charge in [-0.2, -0.15) is 4.37 Å². The van der Waals surface area contributed by atoms with E-state index in [2.05, 4.69) is 29.4 Å². The summed E-state index contributed by atoms with van der Waals surface area (Å²) in [5, 5.41) is 1.28. The Hall–Kier alpha value is -0.420. The topological polar surface area (TPSA) is 42.2 Å². The number of thioether (sulfide) groups is 1. The number of nitrogens with two attached hydrogens (primary N) is 1. The van der Waals surface area contributed by atoms with Gasteiger partial charge in [0.1, 0.15) is 5.00 Å². The zero-order valence-electron chi connectivity index (χ0n) is 10.8. The Balaban J connectivity index is 2.20. The fourth-order valence-electron chi connectivity index (χ4n) is 2.61. The Kier molecular flexibility index (Phi) is 3.88. The average molecular weight is 271 g/mol. The molecule has 96 valence electrons. The number of hydrogen-bond acceptors (Lipinski definition) is 5. The molecule has 0 aliphatic carbocycles. The molecular weight excluding hydrogens is 250 g/mol. The van der Waals surface area contributed by atoms with Crippen LogP contribution in [0.25, 0.3) is 0 Å². The molecule has 3 nitrogen and oxygen atoms in total. The molecule has 0 unspecified atom stereocenters. The van der Waals surface area contributed by atoms with Crippen LogP contribution in [0.5, 0.6) is 0 Å². The van der Waals surface area contributed by atoms with Crippen LogP contribution in [0.4, 0.5) is 10.8 Å². The Morgan fingerprint density at radius 1 is 1.47 bits per heavy atom. The molecule has 1 aromatic heterocycles. The molecule has 0 atom stereocenters. The molecule has 0 radical (unpaired) electrons. The first kappa shape index (κ1) is 13.0. The highest BCUT2D eigenvalue weighted by Gasteiger charge is 2.36. The maximum Gasteiger partial charge on any atom is 0.153 e. The van der Waals surface area contributed by atoms with Crippen molar-refractivity contribution >= 4 is 34.1 Å². The summed E-state index contributed by atoms with van der Waals surface area (Å²) in [5.41, 5.74) is 6.41. The highest BCUT2D eigenvalue weighted by atomic mass is 32.2. The van der Waals surface area contributed by atoms with Gasteiger partial charge in [0.25, 0.3) is 0 Å². The van der Waals surface area contributed by atoms with E-state index in [0.29, 0.717) is 11.2 Å². The van der Waals surface area contributed by atoms with E-state index in [-0.39, 0.29) is 0 Å². The van der Waals surface area contributed by atoms with Gasteiger partial charge >= 0.3 is 0 Å². The van der Waals surface area contributed by atoms with Gasteiger partial charge in [0.05, 0.1) is 4.90 Å². The summed E-state index contributed by atoms with van der Waals surface area (Å²) < 4.78 is 4.29. The van der Waals surface area contributed by atoms with Gasteiger partial charge in [-0.3, -0.25) is 0 Å². The lowest BCUT2D eigenvalue weighted by Gasteiger charge is -2.26. The molecule has 0 saturated carbocycles. The van der Waals surface area contributed by atoms with E-state index in [9.17, 15) is 0 Å². The largest absolute Gasteiger partial charge is 0.382 e. The smallest absolute Gasteiger partial charge is 0.153 e. The maximum atomic E-state index is 5.90. The molecule has 1 saturated heterocycles. The lowest BCUT2D eigenvalue weighted by Crippen LogP contribution is -2.25. The number of rotatable bonds is 4. The monoisotopic (exact) mass is 271 g/mol. The van der Waals surface area contributed by atoms with Crippen molar-refractivity contribution in [2.45, 2.75) is 38.0 Å². The molecule has 0 amide bonds.